The predicted molar refractivity (Wildman–Crippen MR) is 111 cm³/mol. The van der Waals surface area contributed by atoms with E-state index in [9.17, 15) is 19.2 Å². The number of thioether (sulfide) groups is 1. The third-order valence-corrected chi connectivity index (χ3v) is 5.88. The van der Waals surface area contributed by atoms with Crippen molar-refractivity contribution in [3.05, 3.63) is 34.6 Å². The van der Waals surface area contributed by atoms with Crippen LogP contribution in [0.1, 0.15) is 26.7 Å². The van der Waals surface area contributed by atoms with Crippen LogP contribution in [-0.4, -0.2) is 55.4 Å². The summed E-state index contributed by atoms with van der Waals surface area (Å²) in [5.74, 6) is -1.28. The summed E-state index contributed by atoms with van der Waals surface area (Å²) in [5.41, 5.74) is 1.50. The minimum Gasteiger partial charge on any atom is -0.396 e. The third-order valence-electron chi connectivity index (χ3n) is 4.90. The summed E-state index contributed by atoms with van der Waals surface area (Å²) in [4.78, 5) is 54.0. The fourth-order valence-corrected chi connectivity index (χ4v) is 3.81. The van der Waals surface area contributed by atoms with Gasteiger partial charge in [-0.2, -0.15) is 5.01 Å². The second kappa shape index (κ2) is 8.84. The molecule has 1 atom stereocenters. The van der Waals surface area contributed by atoms with E-state index in [2.05, 4.69) is 15.7 Å². The number of hydrazine groups is 1. The highest BCUT2D eigenvalue weighted by Crippen LogP contribution is 2.20. The van der Waals surface area contributed by atoms with E-state index < -0.39 is 23.4 Å². The Labute approximate surface area is 176 Å². The molecule has 30 heavy (non-hydrogen) atoms. The fourth-order valence-electron chi connectivity index (χ4n) is 3.00. The smallest absolute Gasteiger partial charge is 0.344 e. The number of aromatic nitrogens is 2. The van der Waals surface area contributed by atoms with E-state index in [4.69, 9.17) is 5.11 Å². The molecule has 160 valence electrons. The van der Waals surface area contributed by atoms with Crippen LogP contribution in [0, 0.1) is 0 Å². The Morgan fingerprint density at radius 3 is 2.70 bits per heavy atom. The van der Waals surface area contributed by atoms with Crippen LogP contribution in [0.3, 0.4) is 0 Å². The fraction of sp³-hybridized carbons (Fsp3) is 0.421. The summed E-state index contributed by atoms with van der Waals surface area (Å²) in [6.45, 7) is 3.51. The number of carbonyl (C=O) groups excluding carboxylic acids is 3. The summed E-state index contributed by atoms with van der Waals surface area (Å²) in [6, 6.07) is 6.19. The maximum Gasteiger partial charge on any atom is 0.344 e. The molecule has 1 saturated heterocycles. The number of carbonyl (C=O) groups is 3. The highest BCUT2D eigenvalue weighted by atomic mass is 32.2. The molecule has 0 spiro atoms. The molecule has 1 aromatic heterocycles. The molecule has 1 aliphatic rings. The number of aliphatic hydroxyl groups is 1. The van der Waals surface area contributed by atoms with E-state index in [-0.39, 0.29) is 24.5 Å². The number of hydrogen-bond acceptors (Lipinski definition) is 7. The lowest BCUT2D eigenvalue weighted by atomic mass is 10.00. The van der Waals surface area contributed by atoms with Gasteiger partial charge in [0.15, 0.2) is 5.16 Å². The SMILES string of the molecule is CCC1(C)NC(=O)N(NC(=O)CSc2nc3ccccc3c(=O)n2CCCO)C1=O. The number of imide groups is 1. The average Bonchev–Trinajstić information content (AvgIpc) is 2.95. The minimum absolute atomic E-state index is 0.0910. The number of nitrogens with one attached hydrogen (secondary N) is 2. The van der Waals surface area contributed by atoms with Gasteiger partial charge in [-0.1, -0.05) is 30.8 Å². The molecule has 1 unspecified atom stereocenters. The van der Waals surface area contributed by atoms with Gasteiger partial charge >= 0.3 is 6.03 Å². The number of hydrogen-bond donors (Lipinski definition) is 3. The number of amides is 4. The lowest BCUT2D eigenvalue weighted by Gasteiger charge is -2.19. The number of nitrogens with zero attached hydrogens (tertiary/aromatic N) is 3. The summed E-state index contributed by atoms with van der Waals surface area (Å²) in [7, 11) is 0. The summed E-state index contributed by atoms with van der Waals surface area (Å²) in [6.07, 6.45) is 0.745. The molecule has 2 heterocycles. The van der Waals surface area contributed by atoms with Crippen molar-refractivity contribution in [1.82, 2.24) is 25.3 Å². The first-order chi connectivity index (χ1) is 14.3. The molecule has 2 aromatic rings. The number of para-hydroxylation sites is 1. The van der Waals surface area contributed by atoms with Crippen molar-refractivity contribution in [3.8, 4) is 0 Å². The van der Waals surface area contributed by atoms with Crippen LogP contribution >= 0.6 is 11.8 Å². The first kappa shape index (κ1) is 21.8. The Morgan fingerprint density at radius 2 is 2.03 bits per heavy atom. The van der Waals surface area contributed by atoms with Crippen LogP contribution in [0.25, 0.3) is 10.9 Å². The van der Waals surface area contributed by atoms with E-state index in [1.165, 1.54) is 4.57 Å². The van der Waals surface area contributed by atoms with E-state index in [1.54, 1.807) is 38.1 Å². The van der Waals surface area contributed by atoms with Gasteiger partial charge < -0.3 is 10.4 Å². The molecule has 11 heteroatoms. The summed E-state index contributed by atoms with van der Waals surface area (Å²) >= 11 is 1.01. The van der Waals surface area contributed by atoms with Gasteiger partial charge in [0.1, 0.15) is 5.54 Å². The van der Waals surface area contributed by atoms with Crippen LogP contribution in [0.4, 0.5) is 4.79 Å². The van der Waals surface area contributed by atoms with E-state index in [1.807, 2.05) is 0 Å². The molecule has 4 amide bonds. The lowest BCUT2D eigenvalue weighted by Crippen LogP contribution is -2.49. The maximum atomic E-state index is 12.8. The Morgan fingerprint density at radius 1 is 1.30 bits per heavy atom. The van der Waals surface area contributed by atoms with Crippen molar-refractivity contribution in [2.75, 3.05) is 12.4 Å². The summed E-state index contributed by atoms with van der Waals surface area (Å²) in [5, 5.41) is 13.1. The Balaban J connectivity index is 1.76. The van der Waals surface area contributed by atoms with E-state index >= 15 is 0 Å². The van der Waals surface area contributed by atoms with E-state index in [0.717, 1.165) is 11.8 Å². The van der Waals surface area contributed by atoms with Crippen molar-refractivity contribution < 1.29 is 19.5 Å². The predicted octanol–water partition coefficient (Wildman–Crippen LogP) is 0.623. The second-order valence-electron chi connectivity index (χ2n) is 7.03. The Bertz CT molecular complexity index is 1060. The summed E-state index contributed by atoms with van der Waals surface area (Å²) < 4.78 is 1.42. The lowest BCUT2D eigenvalue weighted by molar-refractivity contribution is -0.137. The molecular weight excluding hydrogens is 410 g/mol. The molecule has 1 aromatic carbocycles. The van der Waals surface area contributed by atoms with Gasteiger partial charge in [0, 0.05) is 13.2 Å². The van der Waals surface area contributed by atoms with Gasteiger partial charge in [0.05, 0.1) is 16.7 Å². The van der Waals surface area contributed by atoms with Gasteiger partial charge in [-0.05, 0) is 31.9 Å². The van der Waals surface area contributed by atoms with Crippen molar-refractivity contribution >= 4 is 40.5 Å². The molecule has 0 saturated carbocycles. The van der Waals surface area contributed by atoms with Crippen LogP contribution in [0.15, 0.2) is 34.2 Å². The first-order valence-corrected chi connectivity index (χ1v) is 10.5. The number of urea groups is 1. The van der Waals surface area contributed by atoms with Gasteiger partial charge in [-0.25, -0.2) is 9.78 Å². The molecule has 0 radical (unpaired) electrons. The highest BCUT2D eigenvalue weighted by molar-refractivity contribution is 7.99. The van der Waals surface area contributed by atoms with Crippen molar-refractivity contribution in [2.45, 2.75) is 43.9 Å². The highest BCUT2D eigenvalue weighted by Gasteiger charge is 2.47. The quantitative estimate of drug-likeness (QED) is 0.316. The van der Waals surface area contributed by atoms with Gasteiger partial charge in [-0.15, -0.1) is 0 Å². The first-order valence-electron chi connectivity index (χ1n) is 9.50. The van der Waals surface area contributed by atoms with Gasteiger partial charge in [0.25, 0.3) is 11.5 Å². The van der Waals surface area contributed by atoms with Crippen LogP contribution in [-0.2, 0) is 16.1 Å². The zero-order chi connectivity index (χ0) is 21.9. The number of fused-ring (bicyclic) bond motifs is 1. The van der Waals surface area contributed by atoms with E-state index in [0.29, 0.717) is 33.9 Å². The molecule has 1 fully saturated rings. The topological polar surface area (TPSA) is 134 Å². The van der Waals surface area contributed by atoms with Crippen molar-refractivity contribution in [3.63, 3.8) is 0 Å². The molecular formula is C19H23N5O5S. The van der Waals surface area contributed by atoms with Gasteiger partial charge in [0.2, 0.25) is 5.91 Å². The zero-order valence-corrected chi connectivity index (χ0v) is 17.5. The maximum absolute atomic E-state index is 12.8. The molecule has 3 N–H and O–H groups in total. The Hall–Kier alpha value is -2.92. The zero-order valence-electron chi connectivity index (χ0n) is 16.7. The van der Waals surface area contributed by atoms with Crippen LogP contribution < -0.4 is 16.3 Å². The standard InChI is InChI=1S/C19H23N5O5S/c1-3-19(2)16(28)24(17(29)21-19)22-14(26)11-30-18-20-13-8-5-4-7-12(13)15(27)23(18)9-6-10-25/h4-5,7-8,25H,3,6,9-11H2,1-2H3,(H,21,29)(H,22,26). The minimum atomic E-state index is -1.05. The Kier molecular flexibility index (Phi) is 6.42. The second-order valence-corrected chi connectivity index (χ2v) is 7.97. The van der Waals surface area contributed by atoms with Crippen molar-refractivity contribution in [1.29, 1.82) is 0 Å². The monoisotopic (exact) mass is 433 g/mol. The number of aliphatic hydroxyl groups excluding tert-OH is 1. The third kappa shape index (κ3) is 4.17. The normalized spacial score (nSPS) is 18.7. The molecule has 3 rings (SSSR count). The van der Waals surface area contributed by atoms with Crippen LogP contribution in [0.2, 0.25) is 0 Å². The largest absolute Gasteiger partial charge is 0.396 e. The molecule has 0 aliphatic carbocycles. The van der Waals surface area contributed by atoms with Crippen molar-refractivity contribution in [2.24, 2.45) is 0 Å². The number of benzene rings is 1. The van der Waals surface area contributed by atoms with Crippen LogP contribution in [0.5, 0.6) is 0 Å². The molecule has 1 aliphatic heterocycles. The number of rotatable bonds is 8. The van der Waals surface area contributed by atoms with Gasteiger partial charge in [-0.3, -0.25) is 24.4 Å². The molecule has 10 nitrogen and oxygen atoms in total. The molecule has 0 bridgehead atoms. The average molecular weight is 433 g/mol.